The molecular formula is C10H14N4. The maximum absolute atomic E-state index is 5.58. The number of aromatic nitrogens is 3. The van der Waals surface area contributed by atoms with E-state index in [0.29, 0.717) is 5.92 Å². The van der Waals surface area contributed by atoms with Gasteiger partial charge in [-0.3, -0.25) is 0 Å². The van der Waals surface area contributed by atoms with Gasteiger partial charge in [0, 0.05) is 6.20 Å². The normalized spacial score (nSPS) is 13.3. The van der Waals surface area contributed by atoms with E-state index in [1.807, 2.05) is 6.20 Å². The monoisotopic (exact) mass is 190 g/mol. The summed E-state index contributed by atoms with van der Waals surface area (Å²) in [6.07, 6.45) is 4.70. The van der Waals surface area contributed by atoms with Gasteiger partial charge >= 0.3 is 0 Å². The predicted octanol–water partition coefficient (Wildman–Crippen LogP) is 0.867. The highest BCUT2D eigenvalue weighted by molar-refractivity contribution is 5.45. The van der Waals surface area contributed by atoms with E-state index in [2.05, 4.69) is 29.4 Å². The van der Waals surface area contributed by atoms with Crippen LogP contribution in [0.1, 0.15) is 12.5 Å². The van der Waals surface area contributed by atoms with Crippen molar-refractivity contribution >= 4 is 5.52 Å². The van der Waals surface area contributed by atoms with E-state index in [9.17, 15) is 0 Å². The zero-order valence-corrected chi connectivity index (χ0v) is 8.22. The Hall–Kier alpha value is -1.42. The Balaban J connectivity index is 2.25. The Labute approximate surface area is 82.7 Å². The van der Waals surface area contributed by atoms with Crippen LogP contribution < -0.4 is 5.73 Å². The van der Waals surface area contributed by atoms with E-state index in [4.69, 9.17) is 5.73 Å². The maximum Gasteiger partial charge on any atom is 0.0867 e. The molecule has 0 aliphatic rings. The van der Waals surface area contributed by atoms with Crippen molar-refractivity contribution in [3.05, 3.63) is 30.1 Å². The molecule has 2 N–H and O–H groups in total. The molecule has 0 bridgehead atoms. The van der Waals surface area contributed by atoms with Crippen molar-refractivity contribution in [3.63, 3.8) is 0 Å². The van der Waals surface area contributed by atoms with Crippen LogP contribution in [0.5, 0.6) is 0 Å². The Morgan fingerprint density at radius 2 is 2.43 bits per heavy atom. The van der Waals surface area contributed by atoms with Gasteiger partial charge < -0.3 is 5.73 Å². The molecule has 0 aromatic carbocycles. The number of rotatable bonds is 3. The topological polar surface area (TPSA) is 56.2 Å². The number of pyridine rings is 1. The van der Waals surface area contributed by atoms with Crippen LogP contribution in [0, 0.1) is 5.92 Å². The second-order valence-corrected chi connectivity index (χ2v) is 3.68. The number of nitrogens with zero attached hydrogens (tertiary/aromatic N) is 3. The molecule has 14 heavy (non-hydrogen) atoms. The van der Waals surface area contributed by atoms with Crippen LogP contribution in [0.2, 0.25) is 0 Å². The van der Waals surface area contributed by atoms with E-state index >= 15 is 0 Å². The van der Waals surface area contributed by atoms with Gasteiger partial charge in [0.15, 0.2) is 0 Å². The van der Waals surface area contributed by atoms with Crippen molar-refractivity contribution in [2.45, 2.75) is 13.3 Å². The van der Waals surface area contributed by atoms with Gasteiger partial charge in [-0.05, 0) is 36.6 Å². The van der Waals surface area contributed by atoms with Crippen LogP contribution in [-0.2, 0) is 6.42 Å². The molecule has 1 unspecified atom stereocenters. The minimum atomic E-state index is 0.522. The van der Waals surface area contributed by atoms with Crippen LogP contribution in [0.25, 0.3) is 5.52 Å². The molecule has 0 spiro atoms. The molecule has 0 aliphatic carbocycles. The minimum absolute atomic E-state index is 0.522. The molecule has 0 saturated carbocycles. The van der Waals surface area contributed by atoms with Crippen molar-refractivity contribution in [3.8, 4) is 0 Å². The second kappa shape index (κ2) is 3.75. The van der Waals surface area contributed by atoms with Crippen LogP contribution in [-0.4, -0.2) is 21.4 Å². The zero-order valence-electron chi connectivity index (χ0n) is 8.22. The van der Waals surface area contributed by atoms with Gasteiger partial charge in [-0.2, -0.15) is 0 Å². The third-order valence-electron chi connectivity index (χ3n) is 2.35. The number of fused-ring (bicyclic) bond motifs is 1. The summed E-state index contributed by atoms with van der Waals surface area (Å²) in [5, 5.41) is 7.73. The highest BCUT2D eigenvalue weighted by Gasteiger charge is 2.02. The summed E-state index contributed by atoms with van der Waals surface area (Å²) in [4.78, 5) is 0. The summed E-state index contributed by atoms with van der Waals surface area (Å²) in [5.41, 5.74) is 7.91. The molecule has 2 rings (SSSR count). The average Bonchev–Trinajstić information content (AvgIpc) is 2.64. The molecule has 4 heteroatoms. The van der Waals surface area contributed by atoms with E-state index in [1.165, 1.54) is 5.56 Å². The van der Waals surface area contributed by atoms with Crippen molar-refractivity contribution in [1.82, 2.24) is 14.8 Å². The second-order valence-electron chi connectivity index (χ2n) is 3.68. The first-order chi connectivity index (χ1) is 6.79. The smallest absolute Gasteiger partial charge is 0.0867 e. The molecule has 1 atom stereocenters. The molecule has 0 aliphatic heterocycles. The highest BCUT2D eigenvalue weighted by Crippen LogP contribution is 2.10. The van der Waals surface area contributed by atoms with Crippen LogP contribution >= 0.6 is 0 Å². The lowest BCUT2D eigenvalue weighted by molar-refractivity contribution is 0.592. The van der Waals surface area contributed by atoms with Gasteiger partial charge in [-0.15, -0.1) is 5.10 Å². The van der Waals surface area contributed by atoms with Crippen molar-refractivity contribution < 1.29 is 0 Å². The lowest BCUT2D eigenvalue weighted by Crippen LogP contribution is -2.13. The molecule has 0 fully saturated rings. The summed E-state index contributed by atoms with van der Waals surface area (Å²) in [7, 11) is 0. The van der Waals surface area contributed by atoms with Gasteiger partial charge in [-0.1, -0.05) is 12.1 Å². The third-order valence-corrected chi connectivity index (χ3v) is 2.35. The van der Waals surface area contributed by atoms with Gasteiger partial charge in [0.2, 0.25) is 0 Å². The molecule has 0 saturated heterocycles. The van der Waals surface area contributed by atoms with E-state index in [1.54, 1.807) is 10.7 Å². The molecule has 2 aromatic heterocycles. The van der Waals surface area contributed by atoms with E-state index in [-0.39, 0.29) is 0 Å². The SMILES string of the molecule is CC(CN)Cc1ccn2nncc2c1. The Morgan fingerprint density at radius 1 is 1.57 bits per heavy atom. The fourth-order valence-electron chi connectivity index (χ4n) is 1.49. The third kappa shape index (κ3) is 1.75. The van der Waals surface area contributed by atoms with Crippen LogP contribution in [0.15, 0.2) is 24.5 Å². The standard InChI is InChI=1S/C10H14N4/c1-8(6-11)4-9-2-3-14-10(5-9)7-12-13-14/h2-3,5,7-8H,4,6,11H2,1H3. The predicted molar refractivity (Wildman–Crippen MR) is 54.9 cm³/mol. The first kappa shape index (κ1) is 9.15. The Morgan fingerprint density at radius 3 is 3.21 bits per heavy atom. The number of hydrogen-bond donors (Lipinski definition) is 1. The Bertz CT molecular complexity index is 421. The largest absolute Gasteiger partial charge is 0.330 e. The maximum atomic E-state index is 5.58. The quantitative estimate of drug-likeness (QED) is 0.781. The molecule has 0 amide bonds. The molecule has 74 valence electrons. The van der Waals surface area contributed by atoms with E-state index < -0.39 is 0 Å². The summed E-state index contributed by atoms with van der Waals surface area (Å²) in [5.74, 6) is 0.522. The minimum Gasteiger partial charge on any atom is -0.330 e. The van der Waals surface area contributed by atoms with Gasteiger partial charge in [0.1, 0.15) is 0 Å². The van der Waals surface area contributed by atoms with Crippen LogP contribution in [0.4, 0.5) is 0 Å². The van der Waals surface area contributed by atoms with Crippen molar-refractivity contribution in [2.24, 2.45) is 11.7 Å². The van der Waals surface area contributed by atoms with Crippen molar-refractivity contribution in [2.75, 3.05) is 6.54 Å². The molecule has 4 nitrogen and oxygen atoms in total. The lowest BCUT2D eigenvalue weighted by atomic mass is 10.0. The average molecular weight is 190 g/mol. The summed E-state index contributed by atoms with van der Waals surface area (Å²) >= 11 is 0. The van der Waals surface area contributed by atoms with Gasteiger partial charge in [-0.25, -0.2) is 4.52 Å². The number of nitrogens with two attached hydrogens (primary N) is 1. The molecule has 0 radical (unpaired) electrons. The van der Waals surface area contributed by atoms with E-state index in [0.717, 1.165) is 18.5 Å². The van der Waals surface area contributed by atoms with Gasteiger partial charge in [0.25, 0.3) is 0 Å². The summed E-state index contributed by atoms with van der Waals surface area (Å²) in [6.45, 7) is 2.88. The number of hydrogen-bond acceptors (Lipinski definition) is 3. The zero-order chi connectivity index (χ0) is 9.97. The van der Waals surface area contributed by atoms with Gasteiger partial charge in [0.05, 0.1) is 11.7 Å². The molecule has 2 heterocycles. The fourth-order valence-corrected chi connectivity index (χ4v) is 1.49. The summed E-state index contributed by atoms with van der Waals surface area (Å²) in [6, 6.07) is 4.17. The Kier molecular flexibility index (Phi) is 2.45. The molecular weight excluding hydrogens is 176 g/mol. The fraction of sp³-hybridized carbons (Fsp3) is 0.400. The lowest BCUT2D eigenvalue weighted by Gasteiger charge is -2.07. The first-order valence-corrected chi connectivity index (χ1v) is 4.78. The van der Waals surface area contributed by atoms with Crippen LogP contribution in [0.3, 0.4) is 0 Å². The first-order valence-electron chi connectivity index (χ1n) is 4.78. The molecule has 2 aromatic rings. The summed E-state index contributed by atoms with van der Waals surface area (Å²) < 4.78 is 1.76. The van der Waals surface area contributed by atoms with Crippen molar-refractivity contribution in [1.29, 1.82) is 0 Å². The highest BCUT2D eigenvalue weighted by atomic mass is 15.4.